The van der Waals surface area contributed by atoms with Gasteiger partial charge in [0.05, 0.1) is 23.2 Å². The van der Waals surface area contributed by atoms with E-state index >= 15 is 0 Å². The first-order chi connectivity index (χ1) is 13.6. The Kier molecular flexibility index (Phi) is 4.44. The van der Waals surface area contributed by atoms with Gasteiger partial charge in [0, 0.05) is 19.6 Å². The van der Waals surface area contributed by atoms with Crippen LogP contribution in [0, 0.1) is 24.6 Å². The molecule has 4 atom stereocenters. The summed E-state index contributed by atoms with van der Waals surface area (Å²) in [6, 6.07) is 15.1. The summed E-state index contributed by atoms with van der Waals surface area (Å²) in [4.78, 5) is 7.11. The SMILES string of the molecule is Cc1nc2ccccc2n1[C@H]1C[C@H]2CN(Cc3cccc(F)c3)C[C@H]2C[C@@H]1O. The molecule has 3 aromatic rings. The Hall–Kier alpha value is -2.24. The number of aromatic nitrogens is 2. The highest BCUT2D eigenvalue weighted by molar-refractivity contribution is 5.76. The highest BCUT2D eigenvalue weighted by Gasteiger charge is 2.42. The molecule has 1 aliphatic carbocycles. The summed E-state index contributed by atoms with van der Waals surface area (Å²) in [5.41, 5.74) is 3.12. The first-order valence-corrected chi connectivity index (χ1v) is 10.2. The number of aliphatic hydroxyl groups is 1. The number of rotatable bonds is 3. The van der Waals surface area contributed by atoms with E-state index < -0.39 is 0 Å². The number of fused-ring (bicyclic) bond motifs is 2. The Bertz CT molecular complexity index is 1000. The lowest BCUT2D eigenvalue weighted by Crippen LogP contribution is -2.36. The maximum atomic E-state index is 13.5. The smallest absolute Gasteiger partial charge is 0.123 e. The van der Waals surface area contributed by atoms with Gasteiger partial charge in [-0.3, -0.25) is 4.90 Å². The molecule has 2 heterocycles. The van der Waals surface area contributed by atoms with E-state index in [2.05, 4.69) is 15.5 Å². The van der Waals surface area contributed by atoms with Crippen molar-refractivity contribution in [3.8, 4) is 0 Å². The molecule has 5 rings (SSSR count). The van der Waals surface area contributed by atoms with Gasteiger partial charge in [-0.25, -0.2) is 9.37 Å². The van der Waals surface area contributed by atoms with Crippen molar-refractivity contribution in [2.75, 3.05) is 13.1 Å². The highest BCUT2D eigenvalue weighted by Crippen LogP contribution is 2.43. The third kappa shape index (κ3) is 3.12. The lowest BCUT2D eigenvalue weighted by atomic mass is 9.77. The minimum absolute atomic E-state index is 0.0720. The minimum atomic E-state index is -0.355. The zero-order valence-corrected chi connectivity index (χ0v) is 16.1. The van der Waals surface area contributed by atoms with Crippen molar-refractivity contribution in [1.29, 1.82) is 0 Å². The molecule has 1 N–H and O–H groups in total. The Morgan fingerprint density at radius 2 is 1.86 bits per heavy atom. The van der Waals surface area contributed by atoms with Crippen molar-refractivity contribution in [2.24, 2.45) is 11.8 Å². The van der Waals surface area contributed by atoms with Gasteiger partial charge >= 0.3 is 0 Å². The van der Waals surface area contributed by atoms with Crippen LogP contribution in [0.2, 0.25) is 0 Å². The molecule has 0 bridgehead atoms. The summed E-state index contributed by atoms with van der Waals surface area (Å²) in [7, 11) is 0. The first-order valence-electron chi connectivity index (χ1n) is 10.2. The van der Waals surface area contributed by atoms with Crippen LogP contribution in [0.25, 0.3) is 11.0 Å². The standard InChI is InChI=1S/C23H26FN3O/c1-15-25-20-7-2-3-8-21(20)27(15)22-10-17-13-26(14-18(17)11-23(22)28)12-16-5-4-6-19(24)9-16/h2-9,17-18,22-23,28H,10-14H2,1H3/t17-,18+,22-,23-/m0/s1. The molecule has 0 radical (unpaired) electrons. The molecule has 4 nitrogen and oxygen atoms in total. The Morgan fingerprint density at radius 1 is 1.07 bits per heavy atom. The average Bonchev–Trinajstić information content (AvgIpc) is 3.19. The van der Waals surface area contributed by atoms with Crippen LogP contribution in [-0.4, -0.2) is 38.8 Å². The molecule has 2 aromatic carbocycles. The molecule has 0 spiro atoms. The van der Waals surface area contributed by atoms with Crippen LogP contribution >= 0.6 is 0 Å². The van der Waals surface area contributed by atoms with Crippen LogP contribution in [0.3, 0.4) is 0 Å². The van der Waals surface area contributed by atoms with Gasteiger partial charge in [-0.2, -0.15) is 0 Å². The molecular weight excluding hydrogens is 353 g/mol. The third-order valence-corrected chi connectivity index (χ3v) is 6.58. The third-order valence-electron chi connectivity index (χ3n) is 6.58. The number of imidazole rings is 1. The molecular formula is C23H26FN3O. The molecule has 1 aromatic heterocycles. The van der Waals surface area contributed by atoms with E-state index in [1.54, 1.807) is 12.1 Å². The van der Waals surface area contributed by atoms with Crippen molar-refractivity contribution < 1.29 is 9.50 Å². The zero-order valence-electron chi connectivity index (χ0n) is 16.1. The van der Waals surface area contributed by atoms with Crippen molar-refractivity contribution >= 4 is 11.0 Å². The minimum Gasteiger partial charge on any atom is -0.391 e. The molecule has 5 heteroatoms. The topological polar surface area (TPSA) is 41.3 Å². The van der Waals surface area contributed by atoms with E-state index in [1.165, 1.54) is 6.07 Å². The van der Waals surface area contributed by atoms with Crippen LogP contribution in [0.4, 0.5) is 4.39 Å². The second-order valence-electron chi connectivity index (χ2n) is 8.47. The fourth-order valence-corrected chi connectivity index (χ4v) is 5.39. The Labute approximate surface area is 164 Å². The number of aryl methyl sites for hydroxylation is 1. The lowest BCUT2D eigenvalue weighted by Gasteiger charge is -2.36. The predicted octanol–water partition coefficient (Wildman–Crippen LogP) is 3.93. The summed E-state index contributed by atoms with van der Waals surface area (Å²) in [6.07, 6.45) is 1.43. The number of nitrogens with zero attached hydrogens (tertiary/aromatic N) is 3. The summed E-state index contributed by atoms with van der Waals surface area (Å²) in [6.45, 7) is 4.80. The first kappa shape index (κ1) is 17.8. The molecule has 0 unspecified atom stereocenters. The molecule has 1 aliphatic heterocycles. The summed E-state index contributed by atoms with van der Waals surface area (Å²) >= 11 is 0. The number of hydrogen-bond donors (Lipinski definition) is 1. The number of likely N-dealkylation sites (tertiary alicyclic amines) is 1. The van der Waals surface area contributed by atoms with Gasteiger partial charge in [-0.05, 0) is 61.4 Å². The second kappa shape index (κ2) is 6.98. The van der Waals surface area contributed by atoms with Crippen LogP contribution < -0.4 is 0 Å². The fraction of sp³-hybridized carbons (Fsp3) is 0.435. The van der Waals surface area contributed by atoms with E-state index in [9.17, 15) is 9.50 Å². The summed E-state index contributed by atoms with van der Waals surface area (Å²) in [5.74, 6) is 1.86. The quantitative estimate of drug-likeness (QED) is 0.750. The van der Waals surface area contributed by atoms with Crippen molar-refractivity contribution in [3.05, 3.63) is 65.7 Å². The summed E-state index contributed by atoms with van der Waals surface area (Å²) < 4.78 is 15.7. The van der Waals surface area contributed by atoms with Gasteiger partial charge < -0.3 is 9.67 Å². The second-order valence-corrected chi connectivity index (χ2v) is 8.47. The van der Waals surface area contributed by atoms with Gasteiger partial charge in [-0.1, -0.05) is 24.3 Å². The largest absolute Gasteiger partial charge is 0.391 e. The van der Waals surface area contributed by atoms with E-state index in [-0.39, 0.29) is 18.0 Å². The number of halogens is 1. The Morgan fingerprint density at radius 3 is 2.68 bits per heavy atom. The van der Waals surface area contributed by atoms with E-state index in [0.29, 0.717) is 11.8 Å². The van der Waals surface area contributed by atoms with Gasteiger partial charge in [0.2, 0.25) is 0 Å². The predicted molar refractivity (Wildman–Crippen MR) is 107 cm³/mol. The van der Waals surface area contributed by atoms with Crippen molar-refractivity contribution in [3.63, 3.8) is 0 Å². The van der Waals surface area contributed by atoms with E-state index in [0.717, 1.165) is 54.9 Å². The molecule has 0 amide bonds. The molecule has 146 valence electrons. The number of aliphatic hydroxyl groups excluding tert-OH is 1. The molecule has 2 fully saturated rings. The number of para-hydroxylation sites is 2. The number of hydrogen-bond acceptors (Lipinski definition) is 3. The van der Waals surface area contributed by atoms with E-state index in [1.807, 2.05) is 31.2 Å². The van der Waals surface area contributed by atoms with Crippen molar-refractivity contribution in [2.45, 2.75) is 38.5 Å². The normalized spacial score (nSPS) is 28.0. The average molecular weight is 379 g/mol. The molecule has 28 heavy (non-hydrogen) atoms. The van der Waals surface area contributed by atoms with Crippen LogP contribution in [0.5, 0.6) is 0 Å². The molecule has 2 aliphatic rings. The maximum absolute atomic E-state index is 13.5. The Balaban J connectivity index is 1.36. The van der Waals surface area contributed by atoms with Crippen LogP contribution in [0.15, 0.2) is 48.5 Å². The van der Waals surface area contributed by atoms with Gasteiger partial charge in [0.1, 0.15) is 11.6 Å². The molecule has 1 saturated heterocycles. The maximum Gasteiger partial charge on any atom is 0.123 e. The van der Waals surface area contributed by atoms with Crippen molar-refractivity contribution in [1.82, 2.24) is 14.5 Å². The zero-order chi connectivity index (χ0) is 19.3. The van der Waals surface area contributed by atoms with Gasteiger partial charge in [0.15, 0.2) is 0 Å². The van der Waals surface area contributed by atoms with Gasteiger partial charge in [-0.15, -0.1) is 0 Å². The highest BCUT2D eigenvalue weighted by atomic mass is 19.1. The van der Waals surface area contributed by atoms with Gasteiger partial charge in [0.25, 0.3) is 0 Å². The lowest BCUT2D eigenvalue weighted by molar-refractivity contribution is 0.0366. The van der Waals surface area contributed by atoms with E-state index in [4.69, 9.17) is 4.98 Å². The van der Waals surface area contributed by atoms with Crippen LogP contribution in [0.1, 0.15) is 30.3 Å². The summed E-state index contributed by atoms with van der Waals surface area (Å²) in [5, 5.41) is 11.0. The number of benzene rings is 2. The molecule has 1 saturated carbocycles. The van der Waals surface area contributed by atoms with Crippen LogP contribution in [-0.2, 0) is 6.54 Å². The fourth-order valence-electron chi connectivity index (χ4n) is 5.39. The monoisotopic (exact) mass is 379 g/mol.